The van der Waals surface area contributed by atoms with Gasteiger partial charge in [-0.05, 0) is 56.2 Å². The van der Waals surface area contributed by atoms with E-state index in [1.165, 1.54) is 0 Å². The summed E-state index contributed by atoms with van der Waals surface area (Å²) in [6.45, 7) is 6.55. The standard InChI is InChI=1S/C24H31N7O3/c1-14(2)18-9-10-25-24(28-18)26-13-20-23(29-30-31(20)4)19-7-8-21(15(3)27-19)34-17-6-5-16(11-17)12-22(32)33/h7-10,14,16-17H,5-6,11-13H2,1-4H3,(H,32,33)(H,25,26,28)/t16-,17-/m1/s1. The largest absolute Gasteiger partial charge is 0.489 e. The van der Waals surface area contributed by atoms with Gasteiger partial charge in [-0.3, -0.25) is 4.79 Å². The van der Waals surface area contributed by atoms with Gasteiger partial charge in [-0.2, -0.15) is 0 Å². The van der Waals surface area contributed by atoms with Crippen molar-refractivity contribution in [2.45, 2.75) is 65.0 Å². The van der Waals surface area contributed by atoms with Gasteiger partial charge in [0, 0.05) is 25.4 Å². The van der Waals surface area contributed by atoms with E-state index in [9.17, 15) is 4.79 Å². The fourth-order valence-electron chi connectivity index (χ4n) is 4.27. The number of carboxylic acids is 1. The molecule has 3 heterocycles. The Kier molecular flexibility index (Phi) is 7.04. The SMILES string of the molecule is Cc1nc(-c2nnn(C)c2CNc2nccc(C(C)C)n2)ccc1O[C@@H]1CC[C@@H](CC(=O)O)C1. The molecule has 10 nitrogen and oxygen atoms in total. The van der Waals surface area contributed by atoms with Crippen LogP contribution in [0.2, 0.25) is 0 Å². The number of carboxylic acid groups (broad SMARTS) is 1. The Morgan fingerprint density at radius 2 is 2.09 bits per heavy atom. The predicted octanol–water partition coefficient (Wildman–Crippen LogP) is 3.73. The van der Waals surface area contributed by atoms with E-state index in [1.807, 2.05) is 32.2 Å². The minimum atomic E-state index is -0.749. The number of aliphatic carboxylic acids is 1. The Labute approximate surface area is 198 Å². The fraction of sp³-hybridized carbons (Fsp3) is 0.500. The number of aryl methyl sites for hydroxylation is 2. The van der Waals surface area contributed by atoms with Gasteiger partial charge in [0.25, 0.3) is 0 Å². The van der Waals surface area contributed by atoms with Crippen molar-refractivity contribution in [3.63, 3.8) is 0 Å². The topological polar surface area (TPSA) is 128 Å². The number of pyridine rings is 1. The molecule has 2 N–H and O–H groups in total. The highest BCUT2D eigenvalue weighted by Crippen LogP contribution is 2.33. The number of nitrogens with zero attached hydrogens (tertiary/aromatic N) is 6. The van der Waals surface area contributed by atoms with Crippen molar-refractivity contribution in [2.75, 3.05) is 5.32 Å². The fourth-order valence-corrected chi connectivity index (χ4v) is 4.27. The van der Waals surface area contributed by atoms with E-state index in [0.29, 0.717) is 35.5 Å². The predicted molar refractivity (Wildman–Crippen MR) is 126 cm³/mol. The van der Waals surface area contributed by atoms with Crippen molar-refractivity contribution in [3.05, 3.63) is 41.5 Å². The van der Waals surface area contributed by atoms with Crippen molar-refractivity contribution in [1.29, 1.82) is 0 Å². The number of nitrogens with one attached hydrogen (secondary N) is 1. The molecule has 0 bridgehead atoms. The highest BCUT2D eigenvalue weighted by Gasteiger charge is 2.28. The zero-order chi connectivity index (χ0) is 24.2. The van der Waals surface area contributed by atoms with E-state index in [2.05, 4.69) is 39.4 Å². The second-order valence-electron chi connectivity index (χ2n) is 9.12. The summed E-state index contributed by atoms with van der Waals surface area (Å²) in [5.41, 5.74) is 4.00. The summed E-state index contributed by atoms with van der Waals surface area (Å²) in [6, 6.07) is 5.71. The number of rotatable bonds is 9. The molecule has 0 aromatic carbocycles. The number of hydrogen-bond donors (Lipinski definition) is 2. The number of hydrogen-bond acceptors (Lipinski definition) is 8. The van der Waals surface area contributed by atoms with Gasteiger partial charge in [0.1, 0.15) is 11.4 Å². The number of carbonyl (C=O) groups is 1. The van der Waals surface area contributed by atoms with Crippen molar-refractivity contribution in [1.82, 2.24) is 29.9 Å². The Bertz CT molecular complexity index is 1160. The zero-order valence-corrected chi connectivity index (χ0v) is 20.0. The van der Waals surface area contributed by atoms with Crippen LogP contribution < -0.4 is 10.1 Å². The van der Waals surface area contributed by atoms with E-state index in [4.69, 9.17) is 14.8 Å². The number of aromatic nitrogens is 6. The maximum atomic E-state index is 11.0. The van der Waals surface area contributed by atoms with E-state index in [-0.39, 0.29) is 18.4 Å². The van der Waals surface area contributed by atoms with Crippen LogP contribution in [-0.2, 0) is 18.4 Å². The smallest absolute Gasteiger partial charge is 0.303 e. The molecule has 1 aliphatic rings. The van der Waals surface area contributed by atoms with Crippen molar-refractivity contribution >= 4 is 11.9 Å². The van der Waals surface area contributed by atoms with Crippen LogP contribution in [0.5, 0.6) is 5.75 Å². The molecule has 2 atom stereocenters. The third kappa shape index (κ3) is 5.49. The Balaban J connectivity index is 1.45. The summed E-state index contributed by atoms with van der Waals surface area (Å²) >= 11 is 0. The molecule has 0 amide bonds. The average molecular weight is 466 g/mol. The number of ether oxygens (including phenoxy) is 1. The van der Waals surface area contributed by atoms with Crippen molar-refractivity contribution < 1.29 is 14.6 Å². The van der Waals surface area contributed by atoms with Crippen molar-refractivity contribution in [2.24, 2.45) is 13.0 Å². The second kappa shape index (κ2) is 10.1. The third-order valence-electron chi connectivity index (χ3n) is 6.16. The Morgan fingerprint density at radius 3 is 2.82 bits per heavy atom. The highest BCUT2D eigenvalue weighted by atomic mass is 16.5. The monoisotopic (exact) mass is 465 g/mol. The van der Waals surface area contributed by atoms with Crippen LogP contribution in [-0.4, -0.2) is 47.1 Å². The first-order valence-corrected chi connectivity index (χ1v) is 11.6. The molecule has 0 spiro atoms. The summed E-state index contributed by atoms with van der Waals surface area (Å²) in [5.74, 6) is 1.02. The molecule has 1 fully saturated rings. The summed E-state index contributed by atoms with van der Waals surface area (Å²) in [7, 11) is 1.84. The molecule has 10 heteroatoms. The van der Waals surface area contributed by atoms with Gasteiger partial charge in [0.05, 0.1) is 29.7 Å². The van der Waals surface area contributed by atoms with E-state index in [0.717, 1.165) is 36.3 Å². The first-order valence-electron chi connectivity index (χ1n) is 11.6. The minimum absolute atomic E-state index is 0.0218. The summed E-state index contributed by atoms with van der Waals surface area (Å²) in [5, 5.41) is 20.8. The molecule has 0 saturated heterocycles. The maximum absolute atomic E-state index is 11.0. The third-order valence-corrected chi connectivity index (χ3v) is 6.16. The van der Waals surface area contributed by atoms with Gasteiger partial charge in [0.2, 0.25) is 5.95 Å². The molecule has 3 aromatic heterocycles. The summed E-state index contributed by atoms with van der Waals surface area (Å²) in [4.78, 5) is 24.6. The molecule has 3 aromatic rings. The van der Waals surface area contributed by atoms with Gasteiger partial charge in [-0.1, -0.05) is 19.1 Å². The normalized spacial score (nSPS) is 17.8. The highest BCUT2D eigenvalue weighted by molar-refractivity contribution is 5.67. The molecular weight excluding hydrogens is 434 g/mol. The van der Waals surface area contributed by atoms with Crippen LogP contribution in [0, 0.1) is 12.8 Å². The molecule has 34 heavy (non-hydrogen) atoms. The summed E-state index contributed by atoms with van der Waals surface area (Å²) < 4.78 is 7.87. The van der Waals surface area contributed by atoms with Gasteiger partial charge < -0.3 is 15.2 Å². The first-order chi connectivity index (χ1) is 16.3. The first kappa shape index (κ1) is 23.6. The van der Waals surface area contributed by atoms with Gasteiger partial charge in [-0.25, -0.2) is 19.6 Å². The lowest BCUT2D eigenvalue weighted by molar-refractivity contribution is -0.138. The molecule has 4 rings (SSSR count). The Hall–Kier alpha value is -3.56. The molecule has 1 saturated carbocycles. The quantitative estimate of drug-likeness (QED) is 0.486. The van der Waals surface area contributed by atoms with Crippen LogP contribution >= 0.6 is 0 Å². The van der Waals surface area contributed by atoms with Crippen LogP contribution in [0.15, 0.2) is 24.4 Å². The molecule has 0 radical (unpaired) electrons. The average Bonchev–Trinajstić information content (AvgIpc) is 3.39. The lowest BCUT2D eigenvalue weighted by Crippen LogP contribution is -2.14. The van der Waals surface area contributed by atoms with E-state index in [1.54, 1.807) is 10.9 Å². The summed E-state index contributed by atoms with van der Waals surface area (Å²) in [6.07, 6.45) is 4.47. The lowest BCUT2D eigenvalue weighted by atomic mass is 10.0. The van der Waals surface area contributed by atoms with Gasteiger partial charge in [0.15, 0.2) is 0 Å². The number of anilines is 1. The second-order valence-corrected chi connectivity index (χ2v) is 9.12. The maximum Gasteiger partial charge on any atom is 0.303 e. The molecule has 0 unspecified atom stereocenters. The van der Waals surface area contributed by atoms with E-state index < -0.39 is 5.97 Å². The van der Waals surface area contributed by atoms with Crippen LogP contribution in [0.1, 0.15) is 62.5 Å². The minimum Gasteiger partial charge on any atom is -0.489 e. The molecular formula is C24H31N7O3. The molecule has 0 aliphatic heterocycles. The van der Waals surface area contributed by atoms with Gasteiger partial charge in [-0.15, -0.1) is 5.10 Å². The zero-order valence-electron chi connectivity index (χ0n) is 20.0. The van der Waals surface area contributed by atoms with Crippen LogP contribution in [0.4, 0.5) is 5.95 Å². The molecule has 180 valence electrons. The van der Waals surface area contributed by atoms with Crippen molar-refractivity contribution in [3.8, 4) is 17.1 Å². The van der Waals surface area contributed by atoms with Gasteiger partial charge >= 0.3 is 5.97 Å². The Morgan fingerprint density at radius 1 is 1.26 bits per heavy atom. The van der Waals surface area contributed by atoms with Crippen LogP contribution in [0.25, 0.3) is 11.4 Å². The molecule has 1 aliphatic carbocycles. The lowest BCUT2D eigenvalue weighted by Gasteiger charge is -2.16. The van der Waals surface area contributed by atoms with E-state index >= 15 is 0 Å². The van der Waals surface area contributed by atoms with Crippen LogP contribution in [0.3, 0.4) is 0 Å².